The van der Waals surface area contributed by atoms with Crippen LogP contribution in [0.25, 0.3) is 0 Å². The molecule has 1 heterocycles. The highest BCUT2D eigenvalue weighted by molar-refractivity contribution is 7.13. The molecule has 1 aromatic heterocycles. The quantitative estimate of drug-likeness (QED) is 0.275. The number of thiophene rings is 1. The van der Waals surface area contributed by atoms with Gasteiger partial charge in [0.25, 0.3) is 17.7 Å². The molecule has 3 rings (SSSR count). The SMILES string of the molecule is Cc1ccc(C(=O)NCC(NC(=O)c2c(Cl)cc(C(=O)NCc3cccc(O)c3)cc2Cl)C(=O)O)s1. The van der Waals surface area contributed by atoms with Crippen LogP contribution in [-0.2, 0) is 11.3 Å². The van der Waals surface area contributed by atoms with E-state index in [9.17, 15) is 29.4 Å². The smallest absolute Gasteiger partial charge is 0.328 e. The first-order valence-corrected chi connectivity index (χ1v) is 12.1. The van der Waals surface area contributed by atoms with Crippen molar-refractivity contribution < 1.29 is 29.4 Å². The highest BCUT2D eigenvalue weighted by Gasteiger charge is 2.25. The Morgan fingerprint density at radius 1 is 0.944 bits per heavy atom. The van der Waals surface area contributed by atoms with E-state index in [0.29, 0.717) is 10.4 Å². The van der Waals surface area contributed by atoms with Crippen LogP contribution < -0.4 is 16.0 Å². The third-order valence-corrected chi connectivity index (χ3v) is 6.52. The number of phenolic OH excluding ortho intramolecular Hbond substituents is 1. The van der Waals surface area contributed by atoms with Gasteiger partial charge in [0.15, 0.2) is 0 Å². The number of amides is 3. The molecule has 0 bridgehead atoms. The molecule has 36 heavy (non-hydrogen) atoms. The van der Waals surface area contributed by atoms with Gasteiger partial charge in [-0.25, -0.2) is 4.79 Å². The van der Waals surface area contributed by atoms with Crippen molar-refractivity contribution in [2.45, 2.75) is 19.5 Å². The van der Waals surface area contributed by atoms with Crippen LogP contribution in [0.4, 0.5) is 0 Å². The Balaban J connectivity index is 1.66. The molecule has 2 aromatic carbocycles. The lowest BCUT2D eigenvalue weighted by Gasteiger charge is -2.17. The number of hydrogen-bond acceptors (Lipinski definition) is 6. The summed E-state index contributed by atoms with van der Waals surface area (Å²) in [6.07, 6.45) is 0. The van der Waals surface area contributed by atoms with E-state index in [0.717, 1.165) is 4.88 Å². The molecule has 0 spiro atoms. The number of carboxylic acid groups (broad SMARTS) is 1. The van der Waals surface area contributed by atoms with Crippen LogP contribution in [0.15, 0.2) is 48.5 Å². The van der Waals surface area contributed by atoms with Gasteiger partial charge in [0, 0.05) is 23.5 Å². The number of aliphatic carboxylic acids is 1. The first kappa shape index (κ1) is 27.0. The predicted octanol–water partition coefficient (Wildman–Crippen LogP) is 3.61. The monoisotopic (exact) mass is 549 g/mol. The number of rotatable bonds is 9. The van der Waals surface area contributed by atoms with Crippen molar-refractivity contribution in [1.82, 2.24) is 16.0 Å². The molecule has 1 unspecified atom stereocenters. The van der Waals surface area contributed by atoms with Crippen LogP contribution in [-0.4, -0.2) is 46.5 Å². The Morgan fingerprint density at radius 2 is 1.64 bits per heavy atom. The largest absolute Gasteiger partial charge is 0.508 e. The topological polar surface area (TPSA) is 145 Å². The molecule has 3 amide bonds. The van der Waals surface area contributed by atoms with E-state index >= 15 is 0 Å². The summed E-state index contributed by atoms with van der Waals surface area (Å²) in [4.78, 5) is 50.5. The molecule has 9 nitrogen and oxygen atoms in total. The summed E-state index contributed by atoms with van der Waals surface area (Å²) in [5, 5.41) is 26.1. The zero-order chi connectivity index (χ0) is 26.4. The minimum absolute atomic E-state index is 0.0593. The Morgan fingerprint density at radius 3 is 2.22 bits per heavy atom. The van der Waals surface area contributed by atoms with Crippen LogP contribution >= 0.6 is 34.5 Å². The van der Waals surface area contributed by atoms with E-state index in [1.807, 2.05) is 6.92 Å². The number of phenols is 1. The van der Waals surface area contributed by atoms with Crippen LogP contribution in [0, 0.1) is 6.92 Å². The maximum absolute atomic E-state index is 12.8. The van der Waals surface area contributed by atoms with Gasteiger partial charge < -0.3 is 26.2 Å². The second-order valence-corrected chi connectivity index (χ2v) is 9.75. The second kappa shape index (κ2) is 11.9. The predicted molar refractivity (Wildman–Crippen MR) is 136 cm³/mol. The third-order valence-electron chi connectivity index (χ3n) is 4.93. The summed E-state index contributed by atoms with van der Waals surface area (Å²) in [5.41, 5.74) is 0.530. The first-order chi connectivity index (χ1) is 17.0. The highest BCUT2D eigenvalue weighted by atomic mass is 35.5. The normalized spacial score (nSPS) is 11.4. The Hall–Kier alpha value is -3.60. The Bertz CT molecular complexity index is 1300. The number of nitrogens with one attached hydrogen (secondary N) is 3. The minimum atomic E-state index is -1.46. The molecule has 0 aliphatic heterocycles. The summed E-state index contributed by atoms with van der Waals surface area (Å²) in [7, 11) is 0. The van der Waals surface area contributed by atoms with Crippen molar-refractivity contribution in [2.75, 3.05) is 6.54 Å². The van der Waals surface area contributed by atoms with Gasteiger partial charge in [-0.15, -0.1) is 11.3 Å². The van der Waals surface area contributed by atoms with Crippen LogP contribution in [0.1, 0.15) is 40.8 Å². The van der Waals surface area contributed by atoms with E-state index in [2.05, 4.69) is 16.0 Å². The lowest BCUT2D eigenvalue weighted by Crippen LogP contribution is -2.48. The van der Waals surface area contributed by atoms with Crippen molar-refractivity contribution in [2.24, 2.45) is 0 Å². The van der Waals surface area contributed by atoms with Gasteiger partial charge in [-0.3, -0.25) is 14.4 Å². The Labute approximate surface area is 220 Å². The fraction of sp³-hybridized carbons (Fsp3) is 0.167. The number of aryl methyl sites for hydroxylation is 1. The van der Waals surface area contributed by atoms with E-state index in [-0.39, 0.29) is 40.0 Å². The van der Waals surface area contributed by atoms with Crippen molar-refractivity contribution in [3.8, 4) is 5.75 Å². The van der Waals surface area contributed by atoms with Gasteiger partial charge >= 0.3 is 5.97 Å². The molecular weight excluding hydrogens is 529 g/mol. The van der Waals surface area contributed by atoms with Crippen molar-refractivity contribution in [3.63, 3.8) is 0 Å². The molecule has 5 N–H and O–H groups in total. The molecule has 0 saturated carbocycles. The van der Waals surface area contributed by atoms with Gasteiger partial charge in [-0.2, -0.15) is 0 Å². The van der Waals surface area contributed by atoms with Crippen molar-refractivity contribution in [3.05, 3.63) is 85.0 Å². The van der Waals surface area contributed by atoms with Crippen LogP contribution in [0.3, 0.4) is 0 Å². The molecule has 0 fully saturated rings. The maximum atomic E-state index is 12.8. The molecule has 0 radical (unpaired) electrons. The highest BCUT2D eigenvalue weighted by Crippen LogP contribution is 2.27. The maximum Gasteiger partial charge on any atom is 0.328 e. The summed E-state index contributed by atoms with van der Waals surface area (Å²) in [5.74, 6) is -3.19. The van der Waals surface area contributed by atoms with Crippen LogP contribution in [0.2, 0.25) is 10.0 Å². The first-order valence-electron chi connectivity index (χ1n) is 10.5. The zero-order valence-electron chi connectivity index (χ0n) is 18.8. The lowest BCUT2D eigenvalue weighted by atomic mass is 10.1. The third kappa shape index (κ3) is 6.97. The minimum Gasteiger partial charge on any atom is -0.508 e. The molecule has 1 atom stereocenters. The zero-order valence-corrected chi connectivity index (χ0v) is 21.1. The van der Waals surface area contributed by atoms with E-state index < -0.39 is 29.7 Å². The van der Waals surface area contributed by atoms with Gasteiger partial charge in [0.1, 0.15) is 11.8 Å². The summed E-state index contributed by atoms with van der Waals surface area (Å²) in [6, 6.07) is 10.7. The number of benzene rings is 2. The number of halogens is 2. The number of aromatic hydroxyl groups is 1. The fourth-order valence-electron chi connectivity index (χ4n) is 3.14. The fourth-order valence-corrected chi connectivity index (χ4v) is 4.58. The van der Waals surface area contributed by atoms with Gasteiger partial charge in [-0.1, -0.05) is 35.3 Å². The lowest BCUT2D eigenvalue weighted by molar-refractivity contribution is -0.139. The van der Waals surface area contributed by atoms with Gasteiger partial charge in [0.2, 0.25) is 0 Å². The molecule has 3 aromatic rings. The second-order valence-electron chi connectivity index (χ2n) is 7.65. The average molecular weight is 550 g/mol. The number of carbonyl (C=O) groups excluding carboxylic acids is 3. The van der Waals surface area contributed by atoms with Crippen molar-refractivity contribution in [1.29, 1.82) is 0 Å². The van der Waals surface area contributed by atoms with Crippen molar-refractivity contribution >= 4 is 58.2 Å². The van der Waals surface area contributed by atoms with Gasteiger partial charge in [0.05, 0.1) is 20.5 Å². The standard InChI is InChI=1S/C24H21Cl2N3O6S/c1-12-5-6-19(36-12)22(32)28-11-18(24(34)35)29-23(33)20-16(25)8-14(9-17(20)26)21(31)27-10-13-3-2-4-15(30)7-13/h2-9,18,30H,10-11H2,1H3,(H,27,31)(H,28,32)(H,29,33)(H,34,35). The molecule has 188 valence electrons. The summed E-state index contributed by atoms with van der Waals surface area (Å²) in [6.45, 7) is 1.59. The average Bonchev–Trinajstić information content (AvgIpc) is 3.25. The van der Waals surface area contributed by atoms with Crippen LogP contribution in [0.5, 0.6) is 5.75 Å². The van der Waals surface area contributed by atoms with E-state index in [1.54, 1.807) is 24.3 Å². The number of hydrogen-bond donors (Lipinski definition) is 5. The summed E-state index contributed by atoms with van der Waals surface area (Å²) >= 11 is 13.7. The molecule has 0 saturated heterocycles. The molecule has 12 heteroatoms. The number of carboxylic acids is 1. The van der Waals surface area contributed by atoms with Gasteiger partial charge in [-0.05, 0) is 48.9 Å². The molecule has 0 aliphatic rings. The number of carbonyl (C=O) groups is 4. The van der Waals surface area contributed by atoms with E-state index in [4.69, 9.17) is 23.2 Å². The summed E-state index contributed by atoms with van der Waals surface area (Å²) < 4.78 is 0. The molecular formula is C24H21Cl2N3O6S. The van der Waals surface area contributed by atoms with E-state index in [1.165, 1.54) is 35.6 Å². The molecule has 0 aliphatic carbocycles. The Kier molecular flexibility index (Phi) is 8.92.